The minimum absolute atomic E-state index is 0.370. The molecule has 0 aliphatic heterocycles. The molecule has 0 aliphatic rings. The van der Waals surface area contributed by atoms with E-state index >= 15 is 0 Å². The summed E-state index contributed by atoms with van der Waals surface area (Å²) in [5.41, 5.74) is 4.21. The minimum Gasteiger partial charge on any atom is -0.468 e. The van der Waals surface area contributed by atoms with Crippen LogP contribution < -0.4 is 5.73 Å². The van der Waals surface area contributed by atoms with Gasteiger partial charge in [0.1, 0.15) is 12.4 Å². The Kier molecular flexibility index (Phi) is 4.19. The molecule has 0 aromatic heterocycles. The van der Waals surface area contributed by atoms with Crippen LogP contribution in [0.15, 0.2) is 12.1 Å². The summed E-state index contributed by atoms with van der Waals surface area (Å²) in [7, 11) is 2.42. The number of nitrogens with two attached hydrogens (primary N) is 1. The summed E-state index contributed by atoms with van der Waals surface area (Å²) < 4.78 is 31.0. The highest BCUT2D eigenvalue weighted by Gasteiger charge is 2.21. The van der Waals surface area contributed by atoms with Crippen molar-refractivity contribution in [3.05, 3.63) is 29.3 Å². The Bertz CT molecular complexity index is 491. The van der Waals surface area contributed by atoms with E-state index < -0.39 is 34.8 Å². The fourth-order valence-electron chi connectivity index (χ4n) is 1.30. The molecule has 7 heteroatoms. The van der Waals surface area contributed by atoms with Gasteiger partial charge in [-0.25, -0.2) is 8.78 Å². The minimum atomic E-state index is -1.02. The Labute approximate surface area is 102 Å². The number of nitrogen functional groups attached to an aromatic ring is 1. The first-order valence-corrected chi connectivity index (χ1v) is 4.93. The largest absolute Gasteiger partial charge is 0.468 e. The molecule has 0 bridgehead atoms. The number of carbonyl (C=O) groups is 2. The molecule has 0 fully saturated rings. The van der Waals surface area contributed by atoms with Gasteiger partial charge in [-0.1, -0.05) is 0 Å². The van der Waals surface area contributed by atoms with E-state index in [9.17, 15) is 18.4 Å². The lowest BCUT2D eigenvalue weighted by Crippen LogP contribution is -2.33. The number of hydrogen-bond acceptors (Lipinski definition) is 4. The number of hydrogen-bond donors (Lipinski definition) is 1. The van der Waals surface area contributed by atoms with Crippen LogP contribution in [0.4, 0.5) is 14.5 Å². The standard InChI is InChI=1S/C11H12F2N2O3/c1-15(5-9(16)18-2)11(17)7-3-6(12)4-8(14)10(7)13/h3-4H,5,14H2,1-2H3. The number of amides is 1. The highest BCUT2D eigenvalue weighted by molar-refractivity contribution is 5.96. The molecule has 98 valence electrons. The molecule has 2 N–H and O–H groups in total. The number of rotatable bonds is 3. The third kappa shape index (κ3) is 2.93. The number of carbonyl (C=O) groups excluding carboxylic acids is 2. The van der Waals surface area contributed by atoms with Gasteiger partial charge in [0.2, 0.25) is 0 Å². The smallest absolute Gasteiger partial charge is 0.325 e. The summed E-state index contributed by atoms with van der Waals surface area (Å²) in [5.74, 6) is -3.37. The molecule has 5 nitrogen and oxygen atoms in total. The van der Waals surface area contributed by atoms with Crippen molar-refractivity contribution < 1.29 is 23.1 Å². The Balaban J connectivity index is 3.00. The first-order chi connectivity index (χ1) is 8.36. The van der Waals surface area contributed by atoms with E-state index in [1.165, 1.54) is 7.05 Å². The number of ether oxygens (including phenoxy) is 1. The van der Waals surface area contributed by atoms with Gasteiger partial charge in [-0.15, -0.1) is 0 Å². The first kappa shape index (κ1) is 13.9. The van der Waals surface area contributed by atoms with Gasteiger partial charge >= 0.3 is 5.97 Å². The van der Waals surface area contributed by atoms with Crippen LogP contribution in [0.5, 0.6) is 0 Å². The maximum atomic E-state index is 13.6. The summed E-state index contributed by atoms with van der Waals surface area (Å²) in [6.45, 7) is -0.370. The van der Waals surface area contributed by atoms with Crippen molar-refractivity contribution in [2.75, 3.05) is 26.4 Å². The lowest BCUT2D eigenvalue weighted by Gasteiger charge is -2.16. The number of anilines is 1. The van der Waals surface area contributed by atoms with Crippen molar-refractivity contribution >= 4 is 17.6 Å². The second-order valence-corrected chi connectivity index (χ2v) is 3.59. The monoisotopic (exact) mass is 258 g/mol. The van der Waals surface area contributed by atoms with Crippen molar-refractivity contribution in [1.29, 1.82) is 0 Å². The van der Waals surface area contributed by atoms with Crippen LogP contribution >= 0.6 is 0 Å². The van der Waals surface area contributed by atoms with E-state index in [1.807, 2.05) is 0 Å². The SMILES string of the molecule is COC(=O)CN(C)C(=O)c1cc(F)cc(N)c1F. The molecule has 0 radical (unpaired) electrons. The summed E-state index contributed by atoms with van der Waals surface area (Å²) >= 11 is 0. The fourth-order valence-corrected chi connectivity index (χ4v) is 1.30. The second-order valence-electron chi connectivity index (χ2n) is 3.59. The molecule has 0 aliphatic carbocycles. The molecule has 0 heterocycles. The zero-order chi connectivity index (χ0) is 13.9. The third-order valence-corrected chi connectivity index (χ3v) is 2.24. The molecule has 18 heavy (non-hydrogen) atoms. The Morgan fingerprint density at radius 1 is 1.39 bits per heavy atom. The van der Waals surface area contributed by atoms with E-state index in [0.717, 1.165) is 24.1 Å². The van der Waals surface area contributed by atoms with Crippen LogP contribution in [0.2, 0.25) is 0 Å². The van der Waals surface area contributed by atoms with Crippen LogP contribution in [0.3, 0.4) is 0 Å². The number of nitrogens with zero attached hydrogens (tertiary/aromatic N) is 1. The average Bonchev–Trinajstić information content (AvgIpc) is 2.32. The van der Waals surface area contributed by atoms with Crippen LogP contribution in [-0.2, 0) is 9.53 Å². The van der Waals surface area contributed by atoms with Crippen LogP contribution in [0.25, 0.3) is 0 Å². The number of benzene rings is 1. The van der Waals surface area contributed by atoms with Crippen molar-refractivity contribution in [3.63, 3.8) is 0 Å². The summed E-state index contributed by atoms with van der Waals surface area (Å²) in [6, 6.07) is 1.49. The van der Waals surface area contributed by atoms with Crippen LogP contribution in [0.1, 0.15) is 10.4 Å². The Morgan fingerprint density at radius 2 is 2.00 bits per heavy atom. The normalized spacial score (nSPS) is 10.0. The molecule has 1 amide bonds. The van der Waals surface area contributed by atoms with Gasteiger partial charge in [0, 0.05) is 7.05 Å². The molecule has 0 saturated heterocycles. The molecule has 0 saturated carbocycles. The van der Waals surface area contributed by atoms with Crippen LogP contribution in [0, 0.1) is 11.6 Å². The highest BCUT2D eigenvalue weighted by atomic mass is 19.1. The summed E-state index contributed by atoms with van der Waals surface area (Å²) in [6.07, 6.45) is 0. The maximum Gasteiger partial charge on any atom is 0.325 e. The van der Waals surface area contributed by atoms with Gasteiger partial charge in [-0.2, -0.15) is 0 Å². The van der Waals surface area contributed by atoms with Crippen molar-refractivity contribution in [1.82, 2.24) is 4.90 Å². The van der Waals surface area contributed by atoms with Crippen molar-refractivity contribution in [3.8, 4) is 0 Å². The van der Waals surface area contributed by atoms with Gasteiger partial charge in [0.05, 0.1) is 18.4 Å². The third-order valence-electron chi connectivity index (χ3n) is 2.24. The summed E-state index contributed by atoms with van der Waals surface area (Å²) in [5, 5.41) is 0. The predicted octanol–water partition coefficient (Wildman–Crippen LogP) is 0.792. The van der Waals surface area contributed by atoms with Crippen molar-refractivity contribution in [2.24, 2.45) is 0 Å². The van der Waals surface area contributed by atoms with Gasteiger partial charge in [0.25, 0.3) is 5.91 Å². The van der Waals surface area contributed by atoms with Gasteiger partial charge in [0.15, 0.2) is 5.82 Å². The molecule has 1 rings (SSSR count). The molecular formula is C11H12F2N2O3. The molecule has 0 unspecified atom stereocenters. The Morgan fingerprint density at radius 3 is 2.56 bits per heavy atom. The average molecular weight is 258 g/mol. The zero-order valence-electron chi connectivity index (χ0n) is 9.87. The molecular weight excluding hydrogens is 246 g/mol. The second kappa shape index (κ2) is 5.44. The number of halogens is 2. The van der Waals surface area contributed by atoms with Gasteiger partial charge < -0.3 is 15.4 Å². The van der Waals surface area contributed by atoms with Gasteiger partial charge in [-0.3, -0.25) is 9.59 Å². The molecule has 1 aromatic rings. The number of esters is 1. The summed E-state index contributed by atoms with van der Waals surface area (Å²) in [4.78, 5) is 23.7. The van der Waals surface area contributed by atoms with Gasteiger partial charge in [-0.05, 0) is 12.1 Å². The first-order valence-electron chi connectivity index (χ1n) is 4.93. The quantitative estimate of drug-likeness (QED) is 0.642. The lowest BCUT2D eigenvalue weighted by molar-refractivity contribution is -0.141. The highest BCUT2D eigenvalue weighted by Crippen LogP contribution is 2.18. The van der Waals surface area contributed by atoms with E-state index in [0.29, 0.717) is 0 Å². The zero-order valence-corrected chi connectivity index (χ0v) is 9.87. The lowest BCUT2D eigenvalue weighted by atomic mass is 10.1. The molecule has 1 aromatic carbocycles. The Hall–Kier alpha value is -2.18. The van der Waals surface area contributed by atoms with E-state index in [4.69, 9.17) is 5.73 Å². The van der Waals surface area contributed by atoms with E-state index in [2.05, 4.69) is 4.74 Å². The van der Waals surface area contributed by atoms with Crippen LogP contribution in [-0.4, -0.2) is 37.5 Å². The molecule has 0 atom stereocenters. The fraction of sp³-hybridized carbons (Fsp3) is 0.273. The molecule has 0 spiro atoms. The topological polar surface area (TPSA) is 72.6 Å². The number of methoxy groups -OCH3 is 1. The number of likely N-dealkylation sites (N-methyl/N-ethyl adjacent to an activating group) is 1. The van der Waals surface area contributed by atoms with E-state index in [-0.39, 0.29) is 6.54 Å². The maximum absolute atomic E-state index is 13.6. The predicted molar refractivity (Wildman–Crippen MR) is 59.7 cm³/mol. The van der Waals surface area contributed by atoms with E-state index in [1.54, 1.807) is 0 Å². The van der Waals surface area contributed by atoms with Crippen molar-refractivity contribution in [2.45, 2.75) is 0 Å².